The van der Waals surface area contributed by atoms with Crippen molar-refractivity contribution in [1.29, 1.82) is 5.26 Å². The molecule has 74 valence electrons. The largest absolute Gasteiger partial charge is 0.477 e. The molecule has 0 atom stereocenters. The van der Waals surface area contributed by atoms with Gasteiger partial charge in [-0.25, -0.2) is 9.97 Å². The average Bonchev–Trinajstić information content (AvgIpc) is 2.25. The summed E-state index contributed by atoms with van der Waals surface area (Å²) in [5.74, 6) is 0.486. The van der Waals surface area contributed by atoms with E-state index < -0.39 is 0 Å². The number of nitriles is 1. The van der Waals surface area contributed by atoms with Crippen molar-refractivity contribution in [3.05, 3.63) is 18.1 Å². The molecular weight excluding hydrogens is 178 g/mol. The van der Waals surface area contributed by atoms with Crippen LogP contribution in [0.4, 0.5) is 0 Å². The van der Waals surface area contributed by atoms with Gasteiger partial charge < -0.3 is 4.74 Å². The van der Waals surface area contributed by atoms with Crippen LogP contribution in [0.5, 0.6) is 5.88 Å². The van der Waals surface area contributed by atoms with Crippen LogP contribution < -0.4 is 4.74 Å². The molecule has 1 heterocycles. The van der Waals surface area contributed by atoms with E-state index in [-0.39, 0.29) is 0 Å². The first-order chi connectivity index (χ1) is 6.86. The van der Waals surface area contributed by atoms with Crippen molar-refractivity contribution in [1.82, 2.24) is 9.97 Å². The summed E-state index contributed by atoms with van der Waals surface area (Å²) in [5, 5.41) is 8.48. The zero-order chi connectivity index (χ0) is 10.2. The highest BCUT2D eigenvalue weighted by molar-refractivity contribution is 5.18. The molecule has 0 radical (unpaired) electrons. The van der Waals surface area contributed by atoms with Crippen molar-refractivity contribution in [2.75, 3.05) is 6.61 Å². The van der Waals surface area contributed by atoms with Crippen LogP contribution in [0.15, 0.2) is 12.4 Å². The molecule has 0 aliphatic rings. The second-order valence-electron chi connectivity index (χ2n) is 2.91. The minimum absolute atomic E-state index is 0.311. The maximum Gasteiger partial charge on any atom is 0.232 e. The first kappa shape index (κ1) is 10.5. The third-order valence-electron chi connectivity index (χ3n) is 1.74. The van der Waals surface area contributed by atoms with Gasteiger partial charge in [-0.1, -0.05) is 19.8 Å². The Kier molecular flexibility index (Phi) is 4.42. The van der Waals surface area contributed by atoms with E-state index in [2.05, 4.69) is 16.9 Å². The molecule has 4 heteroatoms. The fourth-order valence-corrected chi connectivity index (χ4v) is 0.977. The van der Waals surface area contributed by atoms with Crippen LogP contribution in [0.2, 0.25) is 0 Å². The Morgan fingerprint density at radius 1 is 1.36 bits per heavy atom. The molecule has 0 bridgehead atoms. The summed E-state index contributed by atoms with van der Waals surface area (Å²) in [4.78, 5) is 7.79. The summed E-state index contributed by atoms with van der Waals surface area (Å²) in [7, 11) is 0. The van der Waals surface area contributed by atoms with Gasteiger partial charge in [-0.05, 0) is 6.42 Å². The summed E-state index contributed by atoms with van der Waals surface area (Å²) >= 11 is 0. The van der Waals surface area contributed by atoms with Crippen LogP contribution >= 0.6 is 0 Å². The van der Waals surface area contributed by atoms with Crippen LogP contribution in [0.3, 0.4) is 0 Å². The SMILES string of the molecule is CCCCCOc1cnc(C#N)cn1. The summed E-state index contributed by atoms with van der Waals surface area (Å²) in [6.45, 7) is 2.80. The molecule has 1 aromatic heterocycles. The molecule has 4 nitrogen and oxygen atoms in total. The molecule has 0 N–H and O–H groups in total. The van der Waals surface area contributed by atoms with Crippen LogP contribution in [0.25, 0.3) is 0 Å². The number of nitrogens with zero attached hydrogens (tertiary/aromatic N) is 3. The van der Waals surface area contributed by atoms with Crippen molar-refractivity contribution in [3.63, 3.8) is 0 Å². The number of ether oxygens (including phenoxy) is 1. The highest BCUT2D eigenvalue weighted by Gasteiger charge is 1.96. The molecule has 0 spiro atoms. The number of hydrogen-bond donors (Lipinski definition) is 0. The van der Waals surface area contributed by atoms with E-state index in [1.54, 1.807) is 0 Å². The van der Waals surface area contributed by atoms with Gasteiger partial charge in [-0.2, -0.15) is 5.26 Å². The van der Waals surface area contributed by atoms with Gasteiger partial charge in [-0.3, -0.25) is 0 Å². The molecule has 0 unspecified atom stereocenters. The highest BCUT2D eigenvalue weighted by atomic mass is 16.5. The van der Waals surface area contributed by atoms with Crippen molar-refractivity contribution < 1.29 is 4.74 Å². The molecule has 1 rings (SSSR count). The van der Waals surface area contributed by atoms with E-state index >= 15 is 0 Å². The first-order valence-electron chi connectivity index (χ1n) is 4.71. The molecule has 0 aromatic carbocycles. The molecule has 0 saturated carbocycles. The number of hydrogen-bond acceptors (Lipinski definition) is 4. The number of rotatable bonds is 5. The molecular formula is C10H13N3O. The van der Waals surface area contributed by atoms with E-state index in [0.717, 1.165) is 12.8 Å². The maximum atomic E-state index is 8.48. The van der Waals surface area contributed by atoms with Gasteiger partial charge >= 0.3 is 0 Å². The Morgan fingerprint density at radius 3 is 2.79 bits per heavy atom. The van der Waals surface area contributed by atoms with Crippen LogP contribution in [0.1, 0.15) is 31.9 Å². The monoisotopic (exact) mass is 191 g/mol. The lowest BCUT2D eigenvalue weighted by Gasteiger charge is -2.02. The molecule has 0 aliphatic carbocycles. The minimum atomic E-state index is 0.311. The Hall–Kier alpha value is -1.63. The molecule has 0 aliphatic heterocycles. The van der Waals surface area contributed by atoms with E-state index in [1.807, 2.05) is 6.07 Å². The topological polar surface area (TPSA) is 58.8 Å². The Bertz CT molecular complexity index is 302. The number of aromatic nitrogens is 2. The van der Waals surface area contributed by atoms with Crippen molar-refractivity contribution >= 4 is 0 Å². The lowest BCUT2D eigenvalue weighted by molar-refractivity contribution is 0.293. The lowest BCUT2D eigenvalue weighted by Crippen LogP contribution is -1.99. The van der Waals surface area contributed by atoms with Gasteiger partial charge in [0.25, 0.3) is 0 Å². The van der Waals surface area contributed by atoms with Crippen molar-refractivity contribution in [2.24, 2.45) is 0 Å². The molecule has 0 amide bonds. The molecule has 1 aromatic rings. The fourth-order valence-electron chi connectivity index (χ4n) is 0.977. The van der Waals surface area contributed by atoms with Crippen LogP contribution in [-0.2, 0) is 0 Å². The van der Waals surface area contributed by atoms with E-state index in [4.69, 9.17) is 10.00 Å². The quantitative estimate of drug-likeness (QED) is 0.667. The molecule has 0 fully saturated rings. The van der Waals surface area contributed by atoms with Gasteiger partial charge in [0, 0.05) is 0 Å². The van der Waals surface area contributed by atoms with Crippen molar-refractivity contribution in [2.45, 2.75) is 26.2 Å². The molecule has 14 heavy (non-hydrogen) atoms. The summed E-state index contributed by atoms with van der Waals surface area (Å²) in [6, 6.07) is 1.90. The van der Waals surface area contributed by atoms with Gasteiger partial charge in [0.2, 0.25) is 5.88 Å². The second-order valence-corrected chi connectivity index (χ2v) is 2.91. The summed E-state index contributed by atoms with van der Waals surface area (Å²) in [6.07, 6.45) is 6.24. The van der Waals surface area contributed by atoms with E-state index in [1.165, 1.54) is 18.8 Å². The first-order valence-corrected chi connectivity index (χ1v) is 4.71. The summed E-state index contributed by atoms with van der Waals surface area (Å²) < 4.78 is 5.32. The van der Waals surface area contributed by atoms with Gasteiger partial charge in [0.1, 0.15) is 6.07 Å². The predicted octanol–water partition coefficient (Wildman–Crippen LogP) is 1.92. The lowest BCUT2D eigenvalue weighted by atomic mass is 10.3. The predicted molar refractivity (Wildman–Crippen MR) is 51.8 cm³/mol. The standard InChI is InChI=1S/C10H13N3O/c1-2-3-4-5-14-10-8-12-9(6-11)7-13-10/h7-8H,2-5H2,1H3. The average molecular weight is 191 g/mol. The van der Waals surface area contributed by atoms with Gasteiger partial charge in [-0.15, -0.1) is 0 Å². The zero-order valence-electron chi connectivity index (χ0n) is 8.23. The van der Waals surface area contributed by atoms with E-state index in [9.17, 15) is 0 Å². The summed E-state index contributed by atoms with van der Waals surface area (Å²) in [5.41, 5.74) is 0.311. The third-order valence-corrected chi connectivity index (χ3v) is 1.74. The second kappa shape index (κ2) is 5.92. The highest BCUT2D eigenvalue weighted by Crippen LogP contribution is 2.04. The van der Waals surface area contributed by atoms with Crippen LogP contribution in [0, 0.1) is 11.3 Å². The Labute approximate surface area is 83.6 Å². The van der Waals surface area contributed by atoms with Gasteiger partial charge in [0.05, 0.1) is 19.0 Å². The smallest absolute Gasteiger partial charge is 0.232 e. The zero-order valence-corrected chi connectivity index (χ0v) is 8.23. The normalized spacial score (nSPS) is 9.43. The fraction of sp³-hybridized carbons (Fsp3) is 0.500. The van der Waals surface area contributed by atoms with E-state index in [0.29, 0.717) is 18.2 Å². The van der Waals surface area contributed by atoms with Gasteiger partial charge in [0.15, 0.2) is 5.69 Å². The molecule has 0 saturated heterocycles. The maximum absolute atomic E-state index is 8.48. The Balaban J connectivity index is 2.33. The van der Waals surface area contributed by atoms with Crippen LogP contribution in [-0.4, -0.2) is 16.6 Å². The minimum Gasteiger partial charge on any atom is -0.477 e. The Morgan fingerprint density at radius 2 is 2.21 bits per heavy atom. The number of unbranched alkanes of at least 4 members (excludes halogenated alkanes) is 2. The third kappa shape index (κ3) is 3.40. The van der Waals surface area contributed by atoms with Crippen molar-refractivity contribution in [3.8, 4) is 11.9 Å².